The summed E-state index contributed by atoms with van der Waals surface area (Å²) in [6.45, 7) is 2.54. The maximum absolute atomic E-state index is 13.3. The number of para-hydroxylation sites is 2. The van der Waals surface area contributed by atoms with Crippen LogP contribution in [0.2, 0.25) is 0 Å². The number of carbonyl (C=O) groups excluding carboxylic acids is 2. The van der Waals surface area contributed by atoms with E-state index in [0.717, 1.165) is 33.7 Å². The highest BCUT2D eigenvalue weighted by atomic mass is 16.1. The van der Waals surface area contributed by atoms with Crippen LogP contribution in [0.3, 0.4) is 0 Å². The molecule has 1 unspecified atom stereocenters. The maximum atomic E-state index is 13.3. The predicted molar refractivity (Wildman–Crippen MR) is 157 cm³/mol. The number of anilines is 2. The number of nitrogen functional groups attached to an aromatic ring is 1. The molecule has 0 saturated carbocycles. The lowest BCUT2D eigenvalue weighted by molar-refractivity contribution is -0.121. The van der Waals surface area contributed by atoms with Crippen molar-refractivity contribution in [2.45, 2.75) is 25.9 Å². The van der Waals surface area contributed by atoms with Crippen LogP contribution in [0.1, 0.15) is 39.0 Å². The van der Waals surface area contributed by atoms with Crippen molar-refractivity contribution in [1.29, 1.82) is 0 Å². The molecule has 0 saturated heterocycles. The predicted octanol–water partition coefficient (Wildman–Crippen LogP) is 5.19. The number of aryl methyl sites for hydroxylation is 2. The van der Waals surface area contributed by atoms with Gasteiger partial charge in [0.1, 0.15) is 6.17 Å². The van der Waals surface area contributed by atoms with E-state index in [-0.39, 0.29) is 24.7 Å². The second-order valence-corrected chi connectivity index (χ2v) is 9.81. The lowest BCUT2D eigenvalue weighted by Crippen LogP contribution is -2.44. The van der Waals surface area contributed by atoms with E-state index < -0.39 is 6.17 Å². The van der Waals surface area contributed by atoms with Crippen molar-refractivity contribution in [3.05, 3.63) is 131 Å². The van der Waals surface area contributed by atoms with Crippen LogP contribution in [0.4, 0.5) is 11.4 Å². The number of benzodiazepines with no additional fused rings is 1. The number of ketones is 1. The standard InChI is InChI=1S/C33H32N4O2/c1-23-15-17-25(18-16-23)30(38)21-37-22-31(35-32(39)20-19-24-9-5-7-13-28(24)34)36-33(26-10-3-2-4-11-26)27-12-6-8-14-29(27)37/h2-18,31H,19-22,34H2,1H3,(H,35,39). The van der Waals surface area contributed by atoms with Gasteiger partial charge < -0.3 is 16.0 Å². The minimum absolute atomic E-state index is 0.0117. The number of nitrogens with two attached hydrogens (primary N) is 1. The van der Waals surface area contributed by atoms with E-state index in [1.165, 1.54) is 0 Å². The number of rotatable bonds is 8. The fraction of sp³-hybridized carbons (Fsp3) is 0.182. The summed E-state index contributed by atoms with van der Waals surface area (Å²) >= 11 is 0. The van der Waals surface area contributed by atoms with Gasteiger partial charge >= 0.3 is 0 Å². The lowest BCUT2D eigenvalue weighted by atomic mass is 10.00. The van der Waals surface area contributed by atoms with Crippen LogP contribution in [0, 0.1) is 6.92 Å². The zero-order valence-corrected chi connectivity index (χ0v) is 22.0. The molecule has 0 spiro atoms. The van der Waals surface area contributed by atoms with Crippen molar-refractivity contribution in [2.75, 3.05) is 23.7 Å². The van der Waals surface area contributed by atoms with Crippen molar-refractivity contribution >= 4 is 28.8 Å². The number of benzene rings is 4. The Hall–Kier alpha value is -4.71. The fourth-order valence-corrected chi connectivity index (χ4v) is 4.85. The van der Waals surface area contributed by atoms with E-state index in [2.05, 4.69) is 5.32 Å². The van der Waals surface area contributed by atoms with Gasteiger partial charge in [-0.05, 0) is 31.0 Å². The van der Waals surface area contributed by atoms with Crippen LogP contribution in [-0.2, 0) is 11.2 Å². The highest BCUT2D eigenvalue weighted by Crippen LogP contribution is 2.28. The highest BCUT2D eigenvalue weighted by Gasteiger charge is 2.27. The summed E-state index contributed by atoms with van der Waals surface area (Å²) in [7, 11) is 0. The summed E-state index contributed by atoms with van der Waals surface area (Å²) in [5.41, 5.74) is 13.0. The average Bonchev–Trinajstić information content (AvgIpc) is 3.10. The zero-order valence-electron chi connectivity index (χ0n) is 22.0. The molecule has 6 nitrogen and oxygen atoms in total. The minimum Gasteiger partial charge on any atom is -0.399 e. The molecule has 39 heavy (non-hydrogen) atoms. The molecule has 0 radical (unpaired) electrons. The van der Waals surface area contributed by atoms with Gasteiger partial charge in [0, 0.05) is 34.5 Å². The summed E-state index contributed by atoms with van der Waals surface area (Å²) in [6.07, 6.45) is 0.283. The van der Waals surface area contributed by atoms with E-state index in [9.17, 15) is 9.59 Å². The number of carbonyl (C=O) groups is 2. The molecule has 0 aromatic heterocycles. The average molecular weight is 517 g/mol. The fourth-order valence-electron chi connectivity index (χ4n) is 4.85. The summed E-state index contributed by atoms with van der Waals surface area (Å²) in [5, 5.41) is 3.11. The topological polar surface area (TPSA) is 87.8 Å². The Morgan fingerprint density at radius 3 is 2.36 bits per heavy atom. The number of hydrogen-bond acceptors (Lipinski definition) is 5. The largest absolute Gasteiger partial charge is 0.399 e. The molecule has 1 aliphatic heterocycles. The number of Topliss-reactive ketones (excluding diaryl/α,β-unsaturated/α-hetero) is 1. The van der Waals surface area contributed by atoms with Crippen LogP contribution in [-0.4, -0.2) is 36.7 Å². The molecule has 0 bridgehead atoms. The Bertz CT molecular complexity index is 1500. The number of amides is 1. The van der Waals surface area contributed by atoms with Crippen molar-refractivity contribution < 1.29 is 9.59 Å². The third-order valence-corrected chi connectivity index (χ3v) is 6.94. The van der Waals surface area contributed by atoms with E-state index in [1.54, 1.807) is 0 Å². The second-order valence-electron chi connectivity index (χ2n) is 9.81. The van der Waals surface area contributed by atoms with Crippen LogP contribution in [0.5, 0.6) is 0 Å². The number of hydrogen-bond donors (Lipinski definition) is 2. The molecule has 4 aromatic rings. The van der Waals surface area contributed by atoms with Gasteiger partial charge in [-0.2, -0.15) is 0 Å². The van der Waals surface area contributed by atoms with Gasteiger partial charge in [0.05, 0.1) is 18.8 Å². The molecule has 5 rings (SSSR count). The molecule has 6 heteroatoms. The van der Waals surface area contributed by atoms with Crippen molar-refractivity contribution in [2.24, 2.45) is 4.99 Å². The van der Waals surface area contributed by atoms with Crippen LogP contribution in [0.15, 0.2) is 108 Å². The Morgan fingerprint density at radius 1 is 0.897 bits per heavy atom. The molecule has 3 N–H and O–H groups in total. The molecular weight excluding hydrogens is 484 g/mol. The molecular formula is C33H32N4O2. The van der Waals surface area contributed by atoms with E-state index in [0.29, 0.717) is 24.2 Å². The van der Waals surface area contributed by atoms with Gasteiger partial charge in [-0.15, -0.1) is 0 Å². The first-order valence-corrected chi connectivity index (χ1v) is 13.2. The van der Waals surface area contributed by atoms with Gasteiger partial charge in [0.25, 0.3) is 0 Å². The van der Waals surface area contributed by atoms with Crippen LogP contribution < -0.4 is 16.0 Å². The van der Waals surface area contributed by atoms with Gasteiger partial charge in [-0.25, -0.2) is 0 Å². The van der Waals surface area contributed by atoms with Crippen molar-refractivity contribution in [1.82, 2.24) is 5.32 Å². The van der Waals surface area contributed by atoms with Crippen LogP contribution >= 0.6 is 0 Å². The first-order valence-electron chi connectivity index (χ1n) is 13.2. The van der Waals surface area contributed by atoms with Crippen LogP contribution in [0.25, 0.3) is 0 Å². The van der Waals surface area contributed by atoms with Crippen molar-refractivity contribution in [3.63, 3.8) is 0 Å². The molecule has 1 aliphatic rings. The smallest absolute Gasteiger partial charge is 0.222 e. The monoisotopic (exact) mass is 516 g/mol. The Balaban J connectivity index is 1.44. The molecule has 4 aromatic carbocycles. The highest BCUT2D eigenvalue weighted by molar-refractivity contribution is 6.16. The van der Waals surface area contributed by atoms with E-state index >= 15 is 0 Å². The summed E-state index contributed by atoms with van der Waals surface area (Å²) in [5.74, 6) is -0.104. The third kappa shape index (κ3) is 6.24. The molecule has 1 amide bonds. The zero-order chi connectivity index (χ0) is 27.2. The molecule has 1 heterocycles. The molecule has 196 valence electrons. The van der Waals surface area contributed by atoms with Crippen molar-refractivity contribution in [3.8, 4) is 0 Å². The number of aliphatic imine (C=N–C) groups is 1. The second kappa shape index (κ2) is 11.8. The summed E-state index contributed by atoms with van der Waals surface area (Å²) in [6, 6.07) is 33.1. The minimum atomic E-state index is -0.543. The first-order chi connectivity index (χ1) is 19.0. The SMILES string of the molecule is Cc1ccc(C(=O)CN2CC(NC(=O)CCc3ccccc3N)N=C(c3ccccc3)c3ccccc32)cc1. The third-order valence-electron chi connectivity index (χ3n) is 6.94. The first kappa shape index (κ1) is 25.9. The number of nitrogens with zero attached hydrogens (tertiary/aromatic N) is 2. The summed E-state index contributed by atoms with van der Waals surface area (Å²) < 4.78 is 0. The number of fused-ring (bicyclic) bond motifs is 1. The molecule has 1 atom stereocenters. The Morgan fingerprint density at radius 2 is 1.59 bits per heavy atom. The van der Waals surface area contributed by atoms with E-state index in [4.69, 9.17) is 10.7 Å². The quantitative estimate of drug-likeness (QED) is 0.249. The van der Waals surface area contributed by atoms with Gasteiger partial charge in [0.15, 0.2) is 5.78 Å². The number of nitrogens with one attached hydrogen (secondary N) is 1. The van der Waals surface area contributed by atoms with Gasteiger partial charge in [-0.1, -0.05) is 96.6 Å². The lowest BCUT2D eigenvalue weighted by Gasteiger charge is -2.27. The van der Waals surface area contributed by atoms with Gasteiger partial charge in [-0.3, -0.25) is 14.6 Å². The molecule has 0 fully saturated rings. The Kier molecular flexibility index (Phi) is 7.83. The van der Waals surface area contributed by atoms with E-state index in [1.807, 2.05) is 115 Å². The molecule has 0 aliphatic carbocycles. The normalized spacial score (nSPS) is 14.6. The summed E-state index contributed by atoms with van der Waals surface area (Å²) in [4.78, 5) is 33.5. The maximum Gasteiger partial charge on any atom is 0.222 e. The Labute approximate surface area is 229 Å². The van der Waals surface area contributed by atoms with Gasteiger partial charge in [0.2, 0.25) is 5.91 Å².